The molecule has 0 saturated carbocycles. The molecule has 1 aliphatic rings. The van der Waals surface area contributed by atoms with Crippen molar-refractivity contribution in [2.45, 2.75) is 27.2 Å². The van der Waals surface area contributed by atoms with E-state index in [0.29, 0.717) is 5.92 Å². The van der Waals surface area contributed by atoms with Crippen LogP contribution < -0.4 is 15.5 Å². The molecule has 0 aliphatic carbocycles. The van der Waals surface area contributed by atoms with E-state index in [0.717, 1.165) is 64.7 Å². The number of hydrogen-bond donors (Lipinski definition) is 2. The van der Waals surface area contributed by atoms with Crippen molar-refractivity contribution in [2.24, 2.45) is 10.9 Å². The van der Waals surface area contributed by atoms with Gasteiger partial charge in [-0.15, -0.1) is 24.0 Å². The summed E-state index contributed by atoms with van der Waals surface area (Å²) in [7, 11) is 0. The van der Waals surface area contributed by atoms with Crippen LogP contribution in [0.15, 0.2) is 35.3 Å². The predicted octanol–water partition coefficient (Wildman–Crippen LogP) is 3.03. The maximum absolute atomic E-state index is 4.61. The SMILES string of the molecule is CCNC(=NCC(C)C)NCCCN1CCN(c2ccccc2)CC1.I. The summed E-state index contributed by atoms with van der Waals surface area (Å²) < 4.78 is 0. The summed E-state index contributed by atoms with van der Waals surface area (Å²) >= 11 is 0. The molecular weight excluding hydrogens is 437 g/mol. The molecule has 1 fully saturated rings. The first kappa shape index (κ1) is 23.0. The first-order chi connectivity index (χ1) is 12.2. The van der Waals surface area contributed by atoms with Gasteiger partial charge in [-0.1, -0.05) is 32.0 Å². The molecule has 1 saturated heterocycles. The molecule has 0 atom stereocenters. The Hall–Kier alpha value is -1.02. The molecular formula is C20H36IN5. The summed E-state index contributed by atoms with van der Waals surface area (Å²) in [5.74, 6) is 1.54. The highest BCUT2D eigenvalue weighted by molar-refractivity contribution is 14.0. The van der Waals surface area contributed by atoms with Gasteiger partial charge in [0.15, 0.2) is 5.96 Å². The third-order valence-corrected chi connectivity index (χ3v) is 4.40. The molecule has 6 heteroatoms. The lowest BCUT2D eigenvalue weighted by atomic mass is 10.2. The zero-order chi connectivity index (χ0) is 17.9. The van der Waals surface area contributed by atoms with Gasteiger partial charge in [0.1, 0.15) is 0 Å². The van der Waals surface area contributed by atoms with E-state index in [-0.39, 0.29) is 24.0 Å². The fourth-order valence-corrected chi connectivity index (χ4v) is 2.99. The fraction of sp³-hybridized carbons (Fsp3) is 0.650. The Morgan fingerprint density at radius 2 is 1.77 bits per heavy atom. The van der Waals surface area contributed by atoms with Crippen LogP contribution in [0.2, 0.25) is 0 Å². The van der Waals surface area contributed by atoms with Gasteiger partial charge < -0.3 is 15.5 Å². The van der Waals surface area contributed by atoms with Crippen molar-refractivity contribution >= 4 is 35.6 Å². The van der Waals surface area contributed by atoms with Gasteiger partial charge in [0.25, 0.3) is 0 Å². The minimum Gasteiger partial charge on any atom is -0.369 e. The van der Waals surface area contributed by atoms with E-state index >= 15 is 0 Å². The smallest absolute Gasteiger partial charge is 0.191 e. The molecule has 2 rings (SSSR count). The molecule has 0 bridgehead atoms. The standard InChI is InChI=1S/C20H35N5.HI/c1-4-21-20(23-17-18(2)3)22-11-8-12-24-13-15-25(16-14-24)19-9-6-5-7-10-19;/h5-7,9-10,18H,4,8,11-17H2,1-3H3,(H2,21,22,23);1H. The fourth-order valence-electron chi connectivity index (χ4n) is 2.99. The second-order valence-electron chi connectivity index (χ2n) is 7.06. The van der Waals surface area contributed by atoms with E-state index in [1.54, 1.807) is 0 Å². The molecule has 1 heterocycles. The number of rotatable bonds is 8. The molecule has 148 valence electrons. The van der Waals surface area contributed by atoms with Crippen molar-refractivity contribution in [3.05, 3.63) is 30.3 Å². The number of para-hydroxylation sites is 1. The lowest BCUT2D eigenvalue weighted by Crippen LogP contribution is -2.47. The monoisotopic (exact) mass is 473 g/mol. The second kappa shape index (κ2) is 13.2. The Balaban J connectivity index is 0.00000338. The van der Waals surface area contributed by atoms with Crippen LogP contribution in [-0.2, 0) is 0 Å². The Kier molecular flexibility index (Phi) is 11.7. The third-order valence-electron chi connectivity index (χ3n) is 4.40. The second-order valence-corrected chi connectivity index (χ2v) is 7.06. The summed E-state index contributed by atoms with van der Waals surface area (Å²) in [6.07, 6.45) is 1.15. The van der Waals surface area contributed by atoms with Crippen LogP contribution in [0.5, 0.6) is 0 Å². The quantitative estimate of drug-likeness (QED) is 0.264. The van der Waals surface area contributed by atoms with E-state index in [9.17, 15) is 0 Å². The van der Waals surface area contributed by atoms with Crippen molar-refractivity contribution < 1.29 is 0 Å². The average molecular weight is 473 g/mol. The van der Waals surface area contributed by atoms with Crippen LogP contribution in [0.3, 0.4) is 0 Å². The molecule has 5 nitrogen and oxygen atoms in total. The number of guanidine groups is 1. The van der Waals surface area contributed by atoms with E-state index < -0.39 is 0 Å². The summed E-state index contributed by atoms with van der Waals surface area (Å²) in [6, 6.07) is 10.7. The number of piperazine rings is 1. The van der Waals surface area contributed by atoms with E-state index in [1.165, 1.54) is 5.69 Å². The van der Waals surface area contributed by atoms with Gasteiger partial charge in [0.05, 0.1) is 0 Å². The molecule has 1 aromatic rings. The van der Waals surface area contributed by atoms with Crippen molar-refractivity contribution in [3.8, 4) is 0 Å². The van der Waals surface area contributed by atoms with Gasteiger partial charge >= 0.3 is 0 Å². The van der Waals surface area contributed by atoms with E-state index in [4.69, 9.17) is 0 Å². The summed E-state index contributed by atoms with van der Waals surface area (Å²) in [5, 5.41) is 6.77. The highest BCUT2D eigenvalue weighted by Gasteiger charge is 2.16. The predicted molar refractivity (Wildman–Crippen MR) is 124 cm³/mol. The number of aliphatic imine (C=N–C) groups is 1. The molecule has 1 aliphatic heterocycles. The minimum absolute atomic E-state index is 0. The van der Waals surface area contributed by atoms with Crippen LogP contribution in [0.25, 0.3) is 0 Å². The van der Waals surface area contributed by atoms with Crippen LogP contribution in [0, 0.1) is 5.92 Å². The molecule has 2 N–H and O–H groups in total. The van der Waals surface area contributed by atoms with Crippen molar-refractivity contribution in [1.82, 2.24) is 15.5 Å². The topological polar surface area (TPSA) is 42.9 Å². The van der Waals surface area contributed by atoms with Gasteiger partial charge in [0, 0.05) is 51.5 Å². The number of hydrogen-bond acceptors (Lipinski definition) is 3. The van der Waals surface area contributed by atoms with Crippen molar-refractivity contribution in [2.75, 3.05) is 57.3 Å². The van der Waals surface area contributed by atoms with Crippen LogP contribution in [0.4, 0.5) is 5.69 Å². The zero-order valence-electron chi connectivity index (χ0n) is 16.6. The van der Waals surface area contributed by atoms with Gasteiger partial charge in [-0.25, -0.2) is 0 Å². The number of benzene rings is 1. The summed E-state index contributed by atoms with van der Waals surface area (Å²) in [6.45, 7) is 15.0. The van der Waals surface area contributed by atoms with Gasteiger partial charge in [-0.3, -0.25) is 9.89 Å². The van der Waals surface area contributed by atoms with Crippen molar-refractivity contribution in [1.29, 1.82) is 0 Å². The normalized spacial score (nSPS) is 15.7. The lowest BCUT2D eigenvalue weighted by Gasteiger charge is -2.36. The van der Waals surface area contributed by atoms with Crippen LogP contribution in [0.1, 0.15) is 27.2 Å². The van der Waals surface area contributed by atoms with Gasteiger partial charge in [0.2, 0.25) is 0 Å². The Bertz CT molecular complexity index is 498. The maximum atomic E-state index is 4.61. The molecule has 0 radical (unpaired) electrons. The first-order valence-electron chi connectivity index (χ1n) is 9.73. The third kappa shape index (κ3) is 8.58. The molecule has 0 unspecified atom stereocenters. The molecule has 0 aromatic heterocycles. The molecule has 0 spiro atoms. The van der Waals surface area contributed by atoms with Crippen LogP contribution in [-0.4, -0.2) is 63.2 Å². The number of anilines is 1. The minimum atomic E-state index is 0. The number of halogens is 1. The maximum Gasteiger partial charge on any atom is 0.191 e. The average Bonchev–Trinajstić information content (AvgIpc) is 2.64. The van der Waals surface area contributed by atoms with Gasteiger partial charge in [-0.2, -0.15) is 0 Å². The highest BCUT2D eigenvalue weighted by Crippen LogP contribution is 2.15. The molecule has 0 amide bonds. The zero-order valence-corrected chi connectivity index (χ0v) is 18.9. The molecule has 1 aromatic carbocycles. The Morgan fingerprint density at radius 3 is 2.38 bits per heavy atom. The molecule has 26 heavy (non-hydrogen) atoms. The van der Waals surface area contributed by atoms with Crippen molar-refractivity contribution in [3.63, 3.8) is 0 Å². The lowest BCUT2D eigenvalue weighted by molar-refractivity contribution is 0.255. The number of nitrogens with zero attached hydrogens (tertiary/aromatic N) is 3. The van der Waals surface area contributed by atoms with E-state index in [2.05, 4.69) is 76.5 Å². The summed E-state index contributed by atoms with van der Waals surface area (Å²) in [4.78, 5) is 9.67. The summed E-state index contributed by atoms with van der Waals surface area (Å²) in [5.41, 5.74) is 1.35. The van der Waals surface area contributed by atoms with Gasteiger partial charge in [-0.05, 0) is 37.9 Å². The van der Waals surface area contributed by atoms with E-state index in [1.807, 2.05) is 0 Å². The number of nitrogens with one attached hydrogen (secondary N) is 2. The highest BCUT2D eigenvalue weighted by atomic mass is 127. The largest absolute Gasteiger partial charge is 0.369 e. The Morgan fingerprint density at radius 1 is 1.08 bits per heavy atom. The first-order valence-corrected chi connectivity index (χ1v) is 9.73. The van der Waals surface area contributed by atoms with Crippen LogP contribution >= 0.6 is 24.0 Å². The Labute approximate surface area is 176 Å².